The summed E-state index contributed by atoms with van der Waals surface area (Å²) in [7, 11) is -4.25. The van der Waals surface area contributed by atoms with Crippen molar-refractivity contribution in [2.45, 2.75) is 6.92 Å². The Kier molecular flexibility index (Phi) is 3.56. The third kappa shape index (κ3) is 2.60. The summed E-state index contributed by atoms with van der Waals surface area (Å²) in [6.07, 6.45) is 0. The molecule has 3 N–H and O–H groups in total. The Bertz CT molecular complexity index is 990. The van der Waals surface area contributed by atoms with Gasteiger partial charge in [-0.15, -0.1) is 0 Å². The van der Waals surface area contributed by atoms with Gasteiger partial charge in [0.05, 0.1) is 0 Å². The number of anilines is 2. The third-order valence-corrected chi connectivity index (χ3v) is 4.80. The maximum absolute atomic E-state index is 14.8. The number of aromatic hydroxyl groups is 1. The number of phenolic OH excluding ortho intramolecular Hbond substituents is 1. The summed E-state index contributed by atoms with van der Waals surface area (Å²) < 4.78 is 40.7. The monoisotopic (exact) mass is 353 g/mol. The van der Waals surface area contributed by atoms with Crippen molar-refractivity contribution in [1.29, 1.82) is 0 Å². The second-order valence-electron chi connectivity index (χ2n) is 5.21. The van der Waals surface area contributed by atoms with Crippen LogP contribution in [0.5, 0.6) is 5.75 Å². The maximum Gasteiger partial charge on any atom is 0.326 e. The van der Waals surface area contributed by atoms with Crippen molar-refractivity contribution in [3.05, 3.63) is 30.1 Å². The molecule has 2 amide bonds. The highest BCUT2D eigenvalue weighted by Gasteiger charge is 2.37. The van der Waals surface area contributed by atoms with Crippen LogP contribution in [0.25, 0.3) is 10.8 Å². The zero-order valence-electron chi connectivity index (χ0n) is 12.3. The van der Waals surface area contributed by atoms with Crippen LogP contribution in [0, 0.1) is 5.82 Å². The molecule has 0 saturated carbocycles. The van der Waals surface area contributed by atoms with Crippen LogP contribution >= 0.6 is 0 Å². The van der Waals surface area contributed by atoms with Gasteiger partial charge < -0.3 is 10.4 Å². The van der Waals surface area contributed by atoms with E-state index in [2.05, 4.69) is 5.32 Å². The molecule has 1 aliphatic rings. The van der Waals surface area contributed by atoms with E-state index in [1.807, 2.05) is 0 Å². The maximum atomic E-state index is 14.8. The van der Waals surface area contributed by atoms with Gasteiger partial charge in [0.1, 0.15) is 18.0 Å². The van der Waals surface area contributed by atoms with E-state index in [1.54, 1.807) is 4.72 Å². The fourth-order valence-corrected chi connectivity index (χ4v) is 3.67. The molecule has 2 aromatic carbocycles. The number of hydrogen-bond donors (Lipinski definition) is 3. The van der Waals surface area contributed by atoms with Crippen molar-refractivity contribution in [3.8, 4) is 5.75 Å². The Morgan fingerprint density at radius 3 is 2.67 bits per heavy atom. The molecule has 1 fully saturated rings. The molecule has 0 radical (unpaired) electrons. The number of fused-ring (bicyclic) bond motifs is 1. The average Bonchev–Trinajstić information content (AvgIpc) is 2.70. The number of carbonyl (C=O) groups is 2. The average molecular weight is 353 g/mol. The Hall–Kier alpha value is -2.88. The van der Waals surface area contributed by atoms with Crippen LogP contribution in [0.3, 0.4) is 0 Å². The highest BCUT2D eigenvalue weighted by atomic mass is 32.2. The zero-order chi connectivity index (χ0) is 17.6. The Morgan fingerprint density at radius 1 is 1.38 bits per heavy atom. The topological polar surface area (TPSA) is 116 Å². The molecule has 0 aromatic heterocycles. The number of hydrogen-bond acceptors (Lipinski definition) is 5. The van der Waals surface area contributed by atoms with Crippen LogP contribution in [0.4, 0.5) is 15.8 Å². The number of nitrogens with zero attached hydrogens (tertiary/aromatic N) is 1. The van der Waals surface area contributed by atoms with Crippen molar-refractivity contribution in [2.75, 3.05) is 16.2 Å². The summed E-state index contributed by atoms with van der Waals surface area (Å²) in [5, 5.41) is 12.9. The molecular weight excluding hydrogens is 341 g/mol. The van der Waals surface area contributed by atoms with E-state index in [-0.39, 0.29) is 16.7 Å². The molecule has 1 saturated heterocycles. The minimum Gasteiger partial charge on any atom is -0.506 e. The van der Waals surface area contributed by atoms with E-state index in [0.717, 1.165) is 6.07 Å². The Morgan fingerprint density at radius 2 is 2.08 bits per heavy atom. The molecule has 1 aliphatic heterocycles. The lowest BCUT2D eigenvalue weighted by Gasteiger charge is -2.18. The lowest BCUT2D eigenvalue weighted by molar-refractivity contribution is -0.117. The Labute approximate surface area is 136 Å². The standard InChI is InChI=1S/C14H12FN3O5S/c1-7(19)16-9-2-3-10-8(4-9)5-11(20)14(13(10)15)18-6-12(21)17-24(18,22)23/h2-5,20H,6H2,1H3,(H,16,19)(H,17,21). The molecule has 0 spiro atoms. The first-order chi connectivity index (χ1) is 11.2. The van der Waals surface area contributed by atoms with Crippen molar-refractivity contribution in [2.24, 2.45) is 0 Å². The summed E-state index contributed by atoms with van der Waals surface area (Å²) in [5.41, 5.74) is -0.208. The van der Waals surface area contributed by atoms with E-state index in [1.165, 1.54) is 25.1 Å². The first-order valence-electron chi connectivity index (χ1n) is 6.75. The predicted octanol–water partition coefficient (Wildman–Crippen LogP) is 0.824. The molecule has 0 aliphatic carbocycles. The van der Waals surface area contributed by atoms with Gasteiger partial charge in [-0.3, -0.25) is 9.59 Å². The summed E-state index contributed by atoms with van der Waals surface area (Å²) in [6.45, 7) is 0.690. The summed E-state index contributed by atoms with van der Waals surface area (Å²) in [4.78, 5) is 22.4. The van der Waals surface area contributed by atoms with Gasteiger partial charge in [-0.25, -0.2) is 13.4 Å². The van der Waals surface area contributed by atoms with E-state index in [0.29, 0.717) is 9.99 Å². The molecular formula is C14H12FN3O5S. The predicted molar refractivity (Wildman–Crippen MR) is 84.3 cm³/mol. The SMILES string of the molecule is CC(=O)Nc1ccc2c(F)c(N3CC(=O)NS3(=O)=O)c(O)cc2c1. The molecule has 10 heteroatoms. The number of amides is 2. The van der Waals surface area contributed by atoms with Gasteiger partial charge >= 0.3 is 10.2 Å². The van der Waals surface area contributed by atoms with E-state index in [9.17, 15) is 27.5 Å². The van der Waals surface area contributed by atoms with Gasteiger partial charge in [-0.1, -0.05) is 0 Å². The fourth-order valence-electron chi connectivity index (χ4n) is 2.50. The fraction of sp³-hybridized carbons (Fsp3) is 0.143. The summed E-state index contributed by atoms with van der Waals surface area (Å²) in [5.74, 6) is -2.77. The molecule has 0 unspecified atom stereocenters. The third-order valence-electron chi connectivity index (χ3n) is 3.42. The Balaban J connectivity index is 2.18. The molecule has 1 heterocycles. The van der Waals surface area contributed by atoms with Crippen LogP contribution in [-0.2, 0) is 19.8 Å². The molecule has 126 valence electrons. The van der Waals surface area contributed by atoms with Gasteiger partial charge in [-0.2, -0.15) is 8.42 Å². The number of rotatable bonds is 2. The first-order valence-corrected chi connectivity index (χ1v) is 8.19. The normalized spacial score (nSPS) is 16.2. The van der Waals surface area contributed by atoms with Crippen LogP contribution in [0.1, 0.15) is 6.92 Å². The van der Waals surface area contributed by atoms with Gasteiger partial charge in [0.15, 0.2) is 5.82 Å². The number of nitrogens with one attached hydrogen (secondary N) is 2. The van der Waals surface area contributed by atoms with Crippen molar-refractivity contribution >= 4 is 44.2 Å². The number of halogens is 1. The number of phenols is 1. The summed E-state index contributed by atoms with van der Waals surface area (Å²) >= 11 is 0. The van der Waals surface area contributed by atoms with Crippen LogP contribution in [-0.4, -0.2) is 31.9 Å². The van der Waals surface area contributed by atoms with Gasteiger partial charge in [0, 0.05) is 18.0 Å². The van der Waals surface area contributed by atoms with Crippen LogP contribution in [0.15, 0.2) is 24.3 Å². The van der Waals surface area contributed by atoms with E-state index in [4.69, 9.17) is 0 Å². The highest BCUT2D eigenvalue weighted by Crippen LogP contribution is 2.38. The highest BCUT2D eigenvalue weighted by molar-refractivity contribution is 7.92. The minimum absolute atomic E-state index is 0.0338. The smallest absolute Gasteiger partial charge is 0.326 e. The number of benzene rings is 2. The van der Waals surface area contributed by atoms with E-state index < -0.39 is 39.9 Å². The van der Waals surface area contributed by atoms with Crippen molar-refractivity contribution in [1.82, 2.24) is 4.72 Å². The zero-order valence-corrected chi connectivity index (χ0v) is 13.1. The number of carbonyl (C=O) groups excluding carboxylic acids is 2. The van der Waals surface area contributed by atoms with Gasteiger partial charge in [0.25, 0.3) is 5.91 Å². The molecule has 24 heavy (non-hydrogen) atoms. The minimum atomic E-state index is -4.25. The van der Waals surface area contributed by atoms with Crippen molar-refractivity contribution < 1.29 is 27.5 Å². The lowest BCUT2D eigenvalue weighted by Crippen LogP contribution is -2.30. The van der Waals surface area contributed by atoms with Gasteiger partial charge in [0.2, 0.25) is 5.91 Å². The first kappa shape index (κ1) is 16.0. The molecule has 8 nitrogen and oxygen atoms in total. The van der Waals surface area contributed by atoms with Crippen LogP contribution in [0.2, 0.25) is 0 Å². The molecule has 2 aromatic rings. The molecule has 0 atom stereocenters. The van der Waals surface area contributed by atoms with Crippen molar-refractivity contribution in [3.63, 3.8) is 0 Å². The second kappa shape index (κ2) is 5.34. The lowest BCUT2D eigenvalue weighted by atomic mass is 10.1. The largest absolute Gasteiger partial charge is 0.506 e. The molecule has 3 rings (SSSR count). The van der Waals surface area contributed by atoms with E-state index >= 15 is 0 Å². The molecule has 0 bridgehead atoms. The second-order valence-corrected chi connectivity index (χ2v) is 6.81. The quantitative estimate of drug-likeness (QED) is 0.739. The summed E-state index contributed by atoms with van der Waals surface area (Å²) in [6, 6.07) is 5.38. The van der Waals surface area contributed by atoms with Gasteiger partial charge in [-0.05, 0) is 29.7 Å². The van der Waals surface area contributed by atoms with Crippen LogP contribution < -0.4 is 14.3 Å².